The van der Waals surface area contributed by atoms with E-state index in [1.165, 1.54) is 10.9 Å². The molecule has 1 aliphatic rings. The van der Waals surface area contributed by atoms with Crippen molar-refractivity contribution < 1.29 is 38.3 Å². The topological polar surface area (TPSA) is 186 Å². The van der Waals surface area contributed by atoms with E-state index in [0.717, 1.165) is 6.33 Å². The van der Waals surface area contributed by atoms with Gasteiger partial charge in [-0.3, -0.25) is 23.6 Å². The number of carbonyl (C=O) groups is 1. The smallest absolute Gasteiger partial charge is 0.387 e. The number of H-pyrrole nitrogens is 1. The predicted octanol–water partition coefficient (Wildman–Crippen LogP) is -0.801. The van der Waals surface area contributed by atoms with Gasteiger partial charge >= 0.3 is 13.8 Å². The van der Waals surface area contributed by atoms with Gasteiger partial charge < -0.3 is 24.5 Å². The average Bonchev–Trinajstić information content (AvgIpc) is 3.16. The summed E-state index contributed by atoms with van der Waals surface area (Å²) < 4.78 is 27.6. The summed E-state index contributed by atoms with van der Waals surface area (Å²) in [6.07, 6.45) is -2.63. The molecule has 1 aliphatic heterocycles. The molecule has 0 spiro atoms. The zero-order valence-corrected chi connectivity index (χ0v) is 15.6. The SMILES string of the molecule is CCCC(=O)OP(=O)(O)OC[C@H]1O[C@@H](n2cnc3c(=O)[nH]cnc32)[C@H](O)[C@H]1O. The van der Waals surface area contributed by atoms with Crippen LogP contribution in [-0.2, 0) is 23.1 Å². The molecule has 2 aromatic rings. The summed E-state index contributed by atoms with van der Waals surface area (Å²) in [5, 5.41) is 20.4. The highest BCUT2D eigenvalue weighted by atomic mass is 31.2. The highest BCUT2D eigenvalue weighted by molar-refractivity contribution is 7.48. The van der Waals surface area contributed by atoms with E-state index in [2.05, 4.69) is 19.5 Å². The number of nitrogens with one attached hydrogen (secondary N) is 1. The zero-order chi connectivity index (χ0) is 20.5. The number of carbonyl (C=O) groups excluding carboxylic acids is 1. The summed E-state index contributed by atoms with van der Waals surface area (Å²) >= 11 is 0. The Hall–Kier alpha value is -2.15. The standard InChI is InChI=1S/C14H19N4O9P/c1-2-3-8(19)27-28(23,24)25-4-7-10(20)11(21)14(26-7)18-6-17-9-12(18)15-5-16-13(9)22/h5-7,10-11,14,20-21H,2-4H2,1H3,(H,23,24)(H,15,16,22)/t7-,10+,11-,14-/m1/s1. The number of aromatic nitrogens is 4. The third kappa shape index (κ3) is 4.14. The van der Waals surface area contributed by atoms with Crippen LogP contribution in [0.2, 0.25) is 0 Å². The van der Waals surface area contributed by atoms with Crippen molar-refractivity contribution in [3.05, 3.63) is 23.0 Å². The number of fused-ring (bicyclic) bond motifs is 1. The van der Waals surface area contributed by atoms with Crippen LogP contribution < -0.4 is 5.56 Å². The number of ether oxygens (including phenoxy) is 1. The fourth-order valence-corrected chi connectivity index (χ4v) is 3.46. The van der Waals surface area contributed by atoms with E-state index in [1.54, 1.807) is 6.92 Å². The second kappa shape index (κ2) is 8.07. The average molecular weight is 418 g/mol. The number of aliphatic hydroxyl groups excluding tert-OH is 2. The molecule has 3 rings (SSSR count). The quantitative estimate of drug-likeness (QED) is 0.412. The van der Waals surface area contributed by atoms with Crippen LogP contribution in [0.15, 0.2) is 17.4 Å². The van der Waals surface area contributed by atoms with E-state index in [-0.39, 0.29) is 17.6 Å². The molecule has 14 heteroatoms. The Bertz CT molecular complexity index is 960. The van der Waals surface area contributed by atoms with Crippen LogP contribution in [0.25, 0.3) is 11.2 Å². The molecule has 154 valence electrons. The fourth-order valence-electron chi connectivity index (χ4n) is 2.72. The number of aromatic amines is 1. The van der Waals surface area contributed by atoms with Crippen molar-refractivity contribution in [3.63, 3.8) is 0 Å². The number of phosphoric acid groups is 1. The lowest BCUT2D eigenvalue weighted by atomic mass is 10.1. The van der Waals surface area contributed by atoms with E-state index in [1.807, 2.05) is 0 Å². The molecule has 3 heterocycles. The molecule has 4 N–H and O–H groups in total. The monoisotopic (exact) mass is 418 g/mol. The van der Waals surface area contributed by atoms with E-state index < -0.39 is 50.5 Å². The molecule has 28 heavy (non-hydrogen) atoms. The molecule has 13 nitrogen and oxygen atoms in total. The van der Waals surface area contributed by atoms with Crippen molar-refractivity contribution in [2.24, 2.45) is 0 Å². The maximum absolute atomic E-state index is 11.8. The van der Waals surface area contributed by atoms with Gasteiger partial charge in [0.1, 0.15) is 18.3 Å². The van der Waals surface area contributed by atoms with E-state index in [9.17, 15) is 29.3 Å². The van der Waals surface area contributed by atoms with Crippen LogP contribution in [0.3, 0.4) is 0 Å². The molecular weight excluding hydrogens is 399 g/mol. The normalized spacial score (nSPS) is 27.0. The molecular formula is C14H19N4O9P. The second-order valence-electron chi connectivity index (χ2n) is 6.08. The minimum absolute atomic E-state index is 0.00943. The van der Waals surface area contributed by atoms with Gasteiger partial charge in [-0.05, 0) is 6.42 Å². The summed E-state index contributed by atoms with van der Waals surface area (Å²) in [5.41, 5.74) is -0.370. The summed E-state index contributed by atoms with van der Waals surface area (Å²) in [5.74, 6) is -0.902. The maximum Gasteiger partial charge on any atom is 0.529 e. The molecule has 0 amide bonds. The van der Waals surface area contributed by atoms with E-state index >= 15 is 0 Å². The summed E-state index contributed by atoms with van der Waals surface area (Å²) in [7, 11) is -4.70. The van der Waals surface area contributed by atoms with Crippen molar-refractivity contribution in [3.8, 4) is 0 Å². The lowest BCUT2D eigenvalue weighted by molar-refractivity contribution is -0.136. The summed E-state index contributed by atoms with van der Waals surface area (Å²) in [6, 6.07) is 0. The summed E-state index contributed by atoms with van der Waals surface area (Å²) in [6.45, 7) is 1.06. The number of hydrogen-bond donors (Lipinski definition) is 4. The van der Waals surface area contributed by atoms with Gasteiger partial charge in [0.25, 0.3) is 5.56 Å². The number of nitrogens with zero attached hydrogens (tertiary/aromatic N) is 3. The van der Waals surface area contributed by atoms with Gasteiger partial charge in [-0.15, -0.1) is 0 Å². The summed E-state index contributed by atoms with van der Waals surface area (Å²) in [4.78, 5) is 42.8. The lowest BCUT2D eigenvalue weighted by Gasteiger charge is -2.17. The third-order valence-electron chi connectivity index (χ3n) is 4.05. The maximum atomic E-state index is 11.8. The number of rotatable bonds is 7. The number of aliphatic hydroxyl groups is 2. The highest BCUT2D eigenvalue weighted by Gasteiger charge is 2.45. The first kappa shape index (κ1) is 20.6. The van der Waals surface area contributed by atoms with Gasteiger partial charge in [0.15, 0.2) is 17.4 Å². The van der Waals surface area contributed by atoms with Crippen molar-refractivity contribution in [2.75, 3.05) is 6.61 Å². The van der Waals surface area contributed by atoms with Crippen LogP contribution in [0.5, 0.6) is 0 Å². The number of imidazole rings is 1. The van der Waals surface area contributed by atoms with E-state index in [0.29, 0.717) is 6.42 Å². The largest absolute Gasteiger partial charge is 0.529 e. The molecule has 5 atom stereocenters. The Morgan fingerprint density at radius 1 is 1.39 bits per heavy atom. The van der Waals surface area contributed by atoms with Gasteiger partial charge in [-0.1, -0.05) is 6.92 Å². The minimum Gasteiger partial charge on any atom is -0.387 e. The van der Waals surface area contributed by atoms with Gasteiger partial charge in [-0.25, -0.2) is 14.5 Å². The number of phosphoric ester groups is 1. The molecule has 0 aliphatic carbocycles. The first-order chi connectivity index (χ1) is 13.2. The Morgan fingerprint density at radius 3 is 2.86 bits per heavy atom. The van der Waals surface area contributed by atoms with Crippen LogP contribution in [0.1, 0.15) is 26.0 Å². The molecule has 1 fully saturated rings. The molecule has 2 aromatic heterocycles. The Kier molecular flexibility index (Phi) is 5.93. The first-order valence-corrected chi connectivity index (χ1v) is 9.84. The Morgan fingerprint density at radius 2 is 2.14 bits per heavy atom. The van der Waals surface area contributed by atoms with E-state index in [4.69, 9.17) is 9.26 Å². The lowest BCUT2D eigenvalue weighted by Crippen LogP contribution is -2.33. The van der Waals surface area contributed by atoms with Gasteiger partial charge in [-0.2, -0.15) is 0 Å². The van der Waals surface area contributed by atoms with Crippen molar-refractivity contribution in [1.82, 2.24) is 19.5 Å². The van der Waals surface area contributed by atoms with Crippen molar-refractivity contribution in [2.45, 2.75) is 44.3 Å². The van der Waals surface area contributed by atoms with Gasteiger partial charge in [0.05, 0.1) is 19.3 Å². The molecule has 0 saturated carbocycles. The van der Waals surface area contributed by atoms with Crippen LogP contribution in [0.4, 0.5) is 0 Å². The highest BCUT2D eigenvalue weighted by Crippen LogP contribution is 2.45. The Labute approximate surface area is 157 Å². The fraction of sp³-hybridized carbons (Fsp3) is 0.571. The third-order valence-corrected chi connectivity index (χ3v) is 4.96. The molecule has 0 bridgehead atoms. The minimum atomic E-state index is -4.70. The van der Waals surface area contributed by atoms with Crippen molar-refractivity contribution >= 4 is 25.0 Å². The van der Waals surface area contributed by atoms with Gasteiger partial charge in [0.2, 0.25) is 0 Å². The molecule has 1 saturated heterocycles. The molecule has 0 aromatic carbocycles. The second-order valence-corrected chi connectivity index (χ2v) is 7.46. The first-order valence-electron chi connectivity index (χ1n) is 8.35. The van der Waals surface area contributed by atoms with Crippen LogP contribution in [-0.4, -0.2) is 65.5 Å². The molecule has 1 unspecified atom stereocenters. The van der Waals surface area contributed by atoms with Crippen LogP contribution in [0, 0.1) is 0 Å². The predicted molar refractivity (Wildman–Crippen MR) is 90.8 cm³/mol. The number of hydrogen-bond acceptors (Lipinski definition) is 10. The Balaban J connectivity index is 1.70. The zero-order valence-electron chi connectivity index (χ0n) is 14.7. The van der Waals surface area contributed by atoms with Crippen LogP contribution >= 0.6 is 7.82 Å². The molecule has 0 radical (unpaired) electrons. The van der Waals surface area contributed by atoms with Crippen molar-refractivity contribution in [1.29, 1.82) is 0 Å². The van der Waals surface area contributed by atoms with Gasteiger partial charge in [0, 0.05) is 6.42 Å².